The molecule has 1 aliphatic rings. The number of alkyl halides is 3. The van der Waals surface area contributed by atoms with Crippen LogP contribution in [0.25, 0.3) is 16.9 Å². The van der Waals surface area contributed by atoms with Crippen LogP contribution >= 0.6 is 0 Å². The monoisotopic (exact) mass is 334 g/mol. The van der Waals surface area contributed by atoms with E-state index in [1.54, 1.807) is 6.07 Å². The molecule has 24 heavy (non-hydrogen) atoms. The molecule has 1 aliphatic carbocycles. The molecule has 124 valence electrons. The molecule has 0 saturated heterocycles. The Hall–Kier alpha value is -2.64. The molecule has 0 unspecified atom stereocenters. The summed E-state index contributed by atoms with van der Waals surface area (Å²) in [6.07, 6.45) is -2.31. The third-order valence-corrected chi connectivity index (χ3v) is 4.07. The molecule has 8 heteroatoms. The van der Waals surface area contributed by atoms with Gasteiger partial charge in [0, 0.05) is 5.56 Å². The maximum absolute atomic E-state index is 13.0. The van der Waals surface area contributed by atoms with Crippen LogP contribution in [0.1, 0.15) is 30.1 Å². The summed E-state index contributed by atoms with van der Waals surface area (Å²) in [5, 5.41) is 10.8. The summed E-state index contributed by atoms with van der Waals surface area (Å²) >= 11 is 0. The fraction of sp³-hybridized carbons (Fsp3) is 0.312. The topological polar surface area (TPSA) is 52.3 Å². The Bertz CT molecular complexity index is 915. The number of rotatable bonds is 3. The number of ether oxygens (including phenoxy) is 1. The van der Waals surface area contributed by atoms with Gasteiger partial charge < -0.3 is 4.74 Å². The van der Waals surface area contributed by atoms with E-state index in [0.29, 0.717) is 27.4 Å². The van der Waals surface area contributed by atoms with Crippen LogP contribution in [0.15, 0.2) is 30.3 Å². The number of nitrogens with zero attached hydrogens (tertiary/aromatic N) is 4. The zero-order chi connectivity index (χ0) is 16.9. The normalized spacial score (nSPS) is 15.0. The van der Waals surface area contributed by atoms with Crippen molar-refractivity contribution in [3.63, 3.8) is 0 Å². The van der Waals surface area contributed by atoms with Gasteiger partial charge in [-0.05, 0) is 48.6 Å². The quantitative estimate of drug-likeness (QED) is 0.733. The van der Waals surface area contributed by atoms with Gasteiger partial charge in [0.15, 0.2) is 5.65 Å². The minimum Gasteiger partial charge on any atom is -0.496 e. The van der Waals surface area contributed by atoms with Crippen LogP contribution in [0.2, 0.25) is 0 Å². The summed E-state index contributed by atoms with van der Waals surface area (Å²) < 4.78 is 45.1. The second-order valence-corrected chi connectivity index (χ2v) is 5.74. The first-order valence-corrected chi connectivity index (χ1v) is 7.45. The number of hydrogen-bond acceptors (Lipinski definition) is 4. The molecular formula is C16H13F3N4O. The molecule has 5 nitrogen and oxygen atoms in total. The van der Waals surface area contributed by atoms with Gasteiger partial charge in [0.1, 0.15) is 5.75 Å². The Balaban J connectivity index is 1.84. The van der Waals surface area contributed by atoms with Crippen LogP contribution in [-0.2, 0) is 6.18 Å². The van der Waals surface area contributed by atoms with Crippen molar-refractivity contribution in [2.75, 3.05) is 7.11 Å². The second-order valence-electron chi connectivity index (χ2n) is 5.74. The second kappa shape index (κ2) is 5.19. The number of hydrogen-bond donors (Lipinski definition) is 0. The van der Waals surface area contributed by atoms with E-state index >= 15 is 0 Å². The summed E-state index contributed by atoms with van der Waals surface area (Å²) in [6.45, 7) is 0. The Morgan fingerprint density at radius 2 is 1.92 bits per heavy atom. The molecule has 0 spiro atoms. The maximum Gasteiger partial charge on any atom is 0.453 e. The van der Waals surface area contributed by atoms with E-state index in [-0.39, 0.29) is 5.65 Å². The summed E-state index contributed by atoms with van der Waals surface area (Å²) in [4.78, 5) is 0. The first-order valence-electron chi connectivity index (χ1n) is 7.45. The lowest BCUT2D eigenvalue weighted by atomic mass is 10.0. The van der Waals surface area contributed by atoms with Gasteiger partial charge in [0.25, 0.3) is 5.82 Å². The van der Waals surface area contributed by atoms with Gasteiger partial charge in [-0.3, -0.25) is 0 Å². The largest absolute Gasteiger partial charge is 0.496 e. The van der Waals surface area contributed by atoms with Crippen molar-refractivity contribution in [3.8, 4) is 17.0 Å². The predicted molar refractivity (Wildman–Crippen MR) is 79.7 cm³/mol. The summed E-state index contributed by atoms with van der Waals surface area (Å²) in [6, 6.07) is 8.80. The number of fused-ring (bicyclic) bond motifs is 1. The summed E-state index contributed by atoms with van der Waals surface area (Å²) in [5.74, 6) is -0.00105. The minimum atomic E-state index is -4.62. The molecule has 1 aromatic carbocycles. The average Bonchev–Trinajstić information content (AvgIpc) is 3.31. The van der Waals surface area contributed by atoms with Gasteiger partial charge in [0.2, 0.25) is 0 Å². The smallest absolute Gasteiger partial charge is 0.453 e. The average molecular weight is 334 g/mol. The SMILES string of the molecule is COc1cc(C2CC2)ccc1-c1ccc2nnc(C(F)(F)F)n2n1. The van der Waals surface area contributed by atoms with E-state index in [4.69, 9.17) is 4.74 Å². The first-order chi connectivity index (χ1) is 11.5. The standard InChI is InChI=1S/C16H13F3N4O/c1-24-13-8-10(9-2-3-9)4-5-11(13)12-6-7-14-20-21-15(16(17,18)19)23(14)22-12/h4-9H,2-3H2,1H3. The highest BCUT2D eigenvalue weighted by atomic mass is 19.4. The Labute approximate surface area is 135 Å². The molecule has 0 aliphatic heterocycles. The lowest BCUT2D eigenvalue weighted by Gasteiger charge is -2.11. The van der Waals surface area contributed by atoms with Gasteiger partial charge in [-0.25, -0.2) is 0 Å². The van der Waals surface area contributed by atoms with Crippen molar-refractivity contribution >= 4 is 5.65 Å². The lowest BCUT2D eigenvalue weighted by Crippen LogP contribution is -2.12. The highest BCUT2D eigenvalue weighted by Gasteiger charge is 2.37. The van der Waals surface area contributed by atoms with Crippen molar-refractivity contribution in [2.24, 2.45) is 0 Å². The van der Waals surface area contributed by atoms with Crippen molar-refractivity contribution in [1.82, 2.24) is 19.8 Å². The van der Waals surface area contributed by atoms with Gasteiger partial charge in [-0.2, -0.15) is 22.8 Å². The van der Waals surface area contributed by atoms with Crippen molar-refractivity contribution in [3.05, 3.63) is 41.7 Å². The summed E-state index contributed by atoms with van der Waals surface area (Å²) in [7, 11) is 1.54. The molecule has 0 amide bonds. The van der Waals surface area contributed by atoms with Crippen molar-refractivity contribution in [1.29, 1.82) is 0 Å². The molecule has 0 bridgehead atoms. The fourth-order valence-corrected chi connectivity index (χ4v) is 2.70. The third kappa shape index (κ3) is 2.47. The van der Waals surface area contributed by atoms with Crippen LogP contribution in [0, 0.1) is 0 Å². The van der Waals surface area contributed by atoms with Crippen LogP contribution in [0.5, 0.6) is 5.75 Å². The number of aromatic nitrogens is 4. The molecular weight excluding hydrogens is 321 g/mol. The van der Waals surface area contributed by atoms with Gasteiger partial charge in [-0.1, -0.05) is 6.07 Å². The Morgan fingerprint density at radius 1 is 1.12 bits per heavy atom. The van der Waals surface area contributed by atoms with E-state index in [1.807, 2.05) is 18.2 Å². The molecule has 1 saturated carbocycles. The van der Waals surface area contributed by atoms with Crippen LogP contribution in [-0.4, -0.2) is 26.9 Å². The number of methoxy groups -OCH3 is 1. The van der Waals surface area contributed by atoms with Gasteiger partial charge >= 0.3 is 6.18 Å². The van der Waals surface area contributed by atoms with Crippen LogP contribution in [0.4, 0.5) is 13.2 Å². The molecule has 0 N–H and O–H groups in total. The maximum atomic E-state index is 13.0. The zero-order valence-corrected chi connectivity index (χ0v) is 12.7. The Morgan fingerprint density at radius 3 is 2.58 bits per heavy atom. The van der Waals surface area contributed by atoms with E-state index in [1.165, 1.54) is 18.7 Å². The molecule has 1 fully saturated rings. The van der Waals surface area contributed by atoms with E-state index in [2.05, 4.69) is 15.3 Å². The first kappa shape index (κ1) is 14.9. The van der Waals surface area contributed by atoms with Crippen molar-refractivity contribution in [2.45, 2.75) is 24.9 Å². The zero-order valence-electron chi connectivity index (χ0n) is 12.7. The highest BCUT2D eigenvalue weighted by molar-refractivity contribution is 5.68. The Kier molecular flexibility index (Phi) is 3.22. The van der Waals surface area contributed by atoms with E-state index in [0.717, 1.165) is 12.8 Å². The highest BCUT2D eigenvalue weighted by Crippen LogP contribution is 2.43. The molecule has 0 radical (unpaired) electrons. The van der Waals surface area contributed by atoms with Crippen LogP contribution in [0.3, 0.4) is 0 Å². The molecule has 0 atom stereocenters. The fourth-order valence-electron chi connectivity index (χ4n) is 2.70. The minimum absolute atomic E-state index is 0.0413. The number of halogens is 3. The van der Waals surface area contributed by atoms with Crippen molar-refractivity contribution < 1.29 is 17.9 Å². The van der Waals surface area contributed by atoms with E-state index in [9.17, 15) is 13.2 Å². The lowest BCUT2D eigenvalue weighted by molar-refractivity contribution is -0.146. The number of benzene rings is 1. The van der Waals surface area contributed by atoms with Crippen LogP contribution < -0.4 is 4.74 Å². The summed E-state index contributed by atoms with van der Waals surface area (Å²) in [5.41, 5.74) is 2.22. The molecule has 2 heterocycles. The van der Waals surface area contributed by atoms with Gasteiger partial charge in [-0.15, -0.1) is 10.2 Å². The molecule has 3 aromatic rings. The predicted octanol–water partition coefficient (Wildman–Crippen LogP) is 3.70. The molecule has 2 aromatic heterocycles. The molecule has 4 rings (SSSR count). The third-order valence-electron chi connectivity index (χ3n) is 4.07. The van der Waals surface area contributed by atoms with E-state index < -0.39 is 12.0 Å². The van der Waals surface area contributed by atoms with Gasteiger partial charge in [0.05, 0.1) is 12.8 Å².